The number of nitrogens with two attached hydrogens (primary N) is 2. The van der Waals surface area contributed by atoms with E-state index in [1.54, 1.807) is 32.1 Å². The van der Waals surface area contributed by atoms with E-state index in [2.05, 4.69) is 0 Å². The third kappa shape index (κ3) is 2.80. The van der Waals surface area contributed by atoms with E-state index in [1.807, 2.05) is 0 Å². The van der Waals surface area contributed by atoms with Crippen molar-refractivity contribution in [3.8, 4) is 0 Å². The summed E-state index contributed by atoms with van der Waals surface area (Å²) < 4.78 is 0. The maximum Gasteiger partial charge on any atom is 0.00461 e. The molecule has 0 aromatic rings. The minimum Gasteiger partial charge on any atom is -0.329 e. The molecule has 0 aromatic heterocycles. The molecule has 0 heterocycles. The third-order valence-electron chi connectivity index (χ3n) is 2.80. The predicted octanol–water partition coefficient (Wildman–Crippen LogP) is 1.10. The van der Waals surface area contributed by atoms with Crippen molar-refractivity contribution in [1.29, 1.82) is 0 Å². The average Bonchev–Trinajstić information content (AvgIpc) is 2.67. The molecule has 2 saturated carbocycles. The van der Waals surface area contributed by atoms with Crippen LogP contribution in [0, 0.1) is 11.8 Å². The van der Waals surface area contributed by atoms with Gasteiger partial charge < -0.3 is 11.5 Å². The van der Waals surface area contributed by atoms with Gasteiger partial charge in [0.1, 0.15) is 0 Å². The maximum absolute atomic E-state index is 4.90. The van der Waals surface area contributed by atoms with E-state index in [-0.39, 0.29) is 0 Å². The largest absolute Gasteiger partial charge is 0.329 e. The van der Waals surface area contributed by atoms with Gasteiger partial charge in [-0.05, 0) is 18.3 Å². The van der Waals surface area contributed by atoms with Crippen molar-refractivity contribution < 1.29 is 0 Å². The Morgan fingerprint density at radius 2 is 1.18 bits per heavy atom. The summed E-state index contributed by atoms with van der Waals surface area (Å²) in [5, 5.41) is 0. The summed E-state index contributed by atoms with van der Waals surface area (Å²) in [4.78, 5) is 0. The lowest BCUT2D eigenvalue weighted by molar-refractivity contribution is 0.480. The topological polar surface area (TPSA) is 52.0 Å². The van der Waals surface area contributed by atoms with Gasteiger partial charge in [-0.1, -0.05) is 25.7 Å². The zero-order valence-corrected chi connectivity index (χ0v) is 7.26. The summed E-state index contributed by atoms with van der Waals surface area (Å²) in [5.41, 5.74) is 9.81. The minimum absolute atomic E-state index is 0.597. The molecule has 0 unspecified atom stereocenters. The fourth-order valence-electron chi connectivity index (χ4n) is 2.17. The number of rotatable bonds is 1. The van der Waals surface area contributed by atoms with E-state index in [4.69, 9.17) is 11.5 Å². The Morgan fingerprint density at radius 3 is 1.27 bits per heavy atom. The van der Waals surface area contributed by atoms with E-state index in [0.29, 0.717) is 13.1 Å². The maximum atomic E-state index is 4.90. The first-order valence-corrected chi connectivity index (χ1v) is 4.77. The molecular weight excluding hydrogens is 136 g/mol. The van der Waals surface area contributed by atoms with Gasteiger partial charge in [-0.3, -0.25) is 0 Å². The van der Waals surface area contributed by atoms with Crippen LogP contribution in [0.25, 0.3) is 0 Å². The quantitative estimate of drug-likeness (QED) is 0.597. The first-order valence-electron chi connectivity index (χ1n) is 4.77. The Hall–Kier alpha value is -0.0800. The molecular formula is C9H20N2. The number of hydrogen-bond acceptors (Lipinski definition) is 2. The molecule has 2 aliphatic rings. The van der Waals surface area contributed by atoms with Gasteiger partial charge >= 0.3 is 0 Å². The highest BCUT2D eigenvalue weighted by atomic mass is 14.6. The van der Waals surface area contributed by atoms with Gasteiger partial charge in [0.05, 0.1) is 0 Å². The van der Waals surface area contributed by atoms with Crippen LogP contribution >= 0.6 is 0 Å². The van der Waals surface area contributed by atoms with Crippen molar-refractivity contribution in [3.63, 3.8) is 0 Å². The molecule has 2 rings (SSSR count). The summed E-state index contributed by atoms with van der Waals surface area (Å²) in [6.45, 7) is 1.19. The first-order chi connectivity index (χ1) is 5.36. The summed E-state index contributed by atoms with van der Waals surface area (Å²) in [6, 6.07) is 0. The Labute approximate surface area is 69.3 Å². The van der Waals surface area contributed by atoms with E-state index >= 15 is 0 Å². The monoisotopic (exact) mass is 156 g/mol. The van der Waals surface area contributed by atoms with E-state index in [9.17, 15) is 0 Å². The van der Waals surface area contributed by atoms with Crippen LogP contribution in [0.2, 0.25) is 0 Å². The Morgan fingerprint density at radius 1 is 0.818 bits per heavy atom. The zero-order chi connectivity index (χ0) is 8.10. The van der Waals surface area contributed by atoms with Gasteiger partial charge in [0.2, 0.25) is 0 Å². The highest BCUT2D eigenvalue weighted by molar-refractivity contribution is 4.82. The second-order valence-corrected chi connectivity index (χ2v) is 3.70. The molecule has 2 aliphatic carbocycles. The lowest BCUT2D eigenvalue weighted by Crippen LogP contribution is -2.11. The molecule has 2 heteroatoms. The summed E-state index contributed by atoms with van der Waals surface area (Å²) >= 11 is 0. The fourth-order valence-corrected chi connectivity index (χ4v) is 2.17. The van der Waals surface area contributed by atoms with Crippen molar-refractivity contribution in [2.75, 3.05) is 13.1 Å². The molecule has 66 valence electrons. The van der Waals surface area contributed by atoms with Crippen LogP contribution in [-0.4, -0.2) is 13.1 Å². The van der Waals surface area contributed by atoms with Crippen LogP contribution < -0.4 is 11.5 Å². The standard InChI is InChI=1S/C7H12.C2H8N2/c1-2-7-4-3-6(1)5-7;3-1-2-4/h6-7H,1-5H2;1-4H2. The summed E-state index contributed by atoms with van der Waals surface area (Å²) in [7, 11) is 0. The lowest BCUT2D eigenvalue weighted by Gasteiger charge is -2.05. The molecule has 4 N–H and O–H groups in total. The number of hydrogen-bond donors (Lipinski definition) is 2. The predicted molar refractivity (Wildman–Crippen MR) is 48.2 cm³/mol. The molecule has 11 heavy (non-hydrogen) atoms. The first kappa shape index (κ1) is 9.01. The number of fused-ring (bicyclic) bond motifs is 2. The van der Waals surface area contributed by atoms with Crippen LogP contribution in [0.5, 0.6) is 0 Å². The molecule has 0 spiro atoms. The van der Waals surface area contributed by atoms with Gasteiger partial charge in [-0.25, -0.2) is 0 Å². The Balaban J connectivity index is 0.000000134. The van der Waals surface area contributed by atoms with E-state index in [1.165, 1.54) is 11.8 Å². The SMILES string of the molecule is C1CC2CCC1C2.NCCN. The zero-order valence-electron chi connectivity index (χ0n) is 7.26. The normalized spacial score (nSPS) is 33.3. The molecule has 0 saturated heterocycles. The minimum atomic E-state index is 0.597. The molecule has 2 fully saturated rings. The average molecular weight is 156 g/mol. The molecule has 0 atom stereocenters. The van der Waals surface area contributed by atoms with Crippen molar-refractivity contribution in [3.05, 3.63) is 0 Å². The van der Waals surface area contributed by atoms with Gasteiger partial charge in [0.15, 0.2) is 0 Å². The molecule has 0 radical (unpaired) electrons. The highest BCUT2D eigenvalue weighted by Gasteiger charge is 2.30. The van der Waals surface area contributed by atoms with E-state index in [0.717, 1.165) is 0 Å². The van der Waals surface area contributed by atoms with Crippen molar-refractivity contribution >= 4 is 0 Å². The van der Waals surface area contributed by atoms with Gasteiger partial charge in [-0.2, -0.15) is 0 Å². The van der Waals surface area contributed by atoms with Gasteiger partial charge in [0.25, 0.3) is 0 Å². The van der Waals surface area contributed by atoms with Gasteiger partial charge in [-0.15, -0.1) is 0 Å². The van der Waals surface area contributed by atoms with Crippen LogP contribution in [0.1, 0.15) is 32.1 Å². The highest BCUT2D eigenvalue weighted by Crippen LogP contribution is 2.43. The van der Waals surface area contributed by atoms with Crippen molar-refractivity contribution in [2.24, 2.45) is 23.3 Å². The van der Waals surface area contributed by atoms with Crippen LogP contribution in [0.15, 0.2) is 0 Å². The lowest BCUT2D eigenvalue weighted by atomic mass is 10.0. The van der Waals surface area contributed by atoms with Crippen LogP contribution in [0.4, 0.5) is 0 Å². The second kappa shape index (κ2) is 4.73. The van der Waals surface area contributed by atoms with E-state index < -0.39 is 0 Å². The fraction of sp³-hybridized carbons (Fsp3) is 1.00. The smallest absolute Gasteiger partial charge is 0.00461 e. The second-order valence-electron chi connectivity index (χ2n) is 3.70. The Kier molecular flexibility index (Phi) is 3.87. The van der Waals surface area contributed by atoms with Crippen LogP contribution in [-0.2, 0) is 0 Å². The molecule has 0 aromatic carbocycles. The molecule has 0 aliphatic heterocycles. The van der Waals surface area contributed by atoms with Crippen molar-refractivity contribution in [1.82, 2.24) is 0 Å². The molecule has 2 bridgehead atoms. The molecule has 0 amide bonds. The Bertz CT molecular complexity index is 83.7. The van der Waals surface area contributed by atoms with Gasteiger partial charge in [0, 0.05) is 13.1 Å². The van der Waals surface area contributed by atoms with Crippen LogP contribution in [0.3, 0.4) is 0 Å². The summed E-state index contributed by atoms with van der Waals surface area (Å²) in [6.07, 6.45) is 7.82. The molecule has 2 nitrogen and oxygen atoms in total. The summed E-state index contributed by atoms with van der Waals surface area (Å²) in [5.74, 6) is 2.34. The van der Waals surface area contributed by atoms with Crippen molar-refractivity contribution in [2.45, 2.75) is 32.1 Å². The third-order valence-corrected chi connectivity index (χ3v) is 2.80.